The van der Waals surface area contributed by atoms with Gasteiger partial charge >= 0.3 is 6.03 Å². The van der Waals surface area contributed by atoms with Crippen molar-refractivity contribution in [2.24, 2.45) is 0 Å². The van der Waals surface area contributed by atoms with Crippen LogP contribution in [-0.4, -0.2) is 22.4 Å². The van der Waals surface area contributed by atoms with E-state index in [0.717, 1.165) is 24.1 Å². The van der Waals surface area contributed by atoms with E-state index in [1.807, 2.05) is 18.2 Å². The Kier molecular flexibility index (Phi) is 5.31. The van der Waals surface area contributed by atoms with Gasteiger partial charge in [0.1, 0.15) is 0 Å². The zero-order chi connectivity index (χ0) is 21.5. The second-order valence-corrected chi connectivity index (χ2v) is 8.47. The summed E-state index contributed by atoms with van der Waals surface area (Å²) in [7, 11) is 0. The van der Waals surface area contributed by atoms with Crippen molar-refractivity contribution < 1.29 is 9.59 Å². The Morgan fingerprint density at radius 3 is 2.43 bits per heavy atom. The molecule has 2 aromatic rings. The number of amides is 3. The summed E-state index contributed by atoms with van der Waals surface area (Å²) in [6.07, 6.45) is 4.84. The molecule has 30 heavy (non-hydrogen) atoms. The molecule has 152 valence electrons. The number of imide groups is 1. The Hall–Kier alpha value is -2.81. The summed E-state index contributed by atoms with van der Waals surface area (Å²) in [6, 6.07) is 13.9. The Balaban J connectivity index is 1.85. The Morgan fingerprint density at radius 1 is 1.17 bits per heavy atom. The minimum absolute atomic E-state index is 0.308. The van der Waals surface area contributed by atoms with Crippen LogP contribution in [0.3, 0.4) is 0 Å². The molecule has 1 fully saturated rings. The van der Waals surface area contributed by atoms with Crippen molar-refractivity contribution in [3.8, 4) is 6.07 Å². The lowest BCUT2D eigenvalue weighted by Gasteiger charge is -2.39. The van der Waals surface area contributed by atoms with Crippen molar-refractivity contribution in [1.29, 1.82) is 5.26 Å². The van der Waals surface area contributed by atoms with Crippen molar-refractivity contribution in [1.82, 2.24) is 4.90 Å². The zero-order valence-electron chi connectivity index (χ0n) is 16.4. The van der Waals surface area contributed by atoms with Gasteiger partial charge in [0.25, 0.3) is 0 Å². The van der Waals surface area contributed by atoms with Crippen molar-refractivity contribution >= 4 is 40.8 Å². The van der Waals surface area contributed by atoms with E-state index in [9.17, 15) is 9.59 Å². The molecule has 2 aliphatic rings. The van der Waals surface area contributed by atoms with Gasteiger partial charge in [-0.15, -0.1) is 0 Å². The standard InChI is InChI=1S/C23H19Cl2N3O2/c1-15(29)28-22(30)27(20-11-18(24)10-19(25)12-20)21-4-2-3-9-23(21,28)13-16-5-7-17(14-26)8-6-16/h4-8,10-12H,2-3,9,13H2,1H3. The van der Waals surface area contributed by atoms with E-state index in [0.29, 0.717) is 34.1 Å². The van der Waals surface area contributed by atoms with Crippen LogP contribution >= 0.6 is 23.2 Å². The number of carbonyl (C=O) groups excluding carboxylic acids is 2. The average Bonchev–Trinajstić information content (AvgIpc) is 2.95. The number of halogens is 2. The molecule has 2 aromatic carbocycles. The van der Waals surface area contributed by atoms with E-state index in [4.69, 9.17) is 28.5 Å². The lowest BCUT2D eigenvalue weighted by atomic mass is 9.78. The lowest BCUT2D eigenvalue weighted by molar-refractivity contribution is -0.129. The van der Waals surface area contributed by atoms with E-state index in [-0.39, 0.29) is 5.91 Å². The fourth-order valence-corrected chi connectivity index (χ4v) is 5.02. The number of fused-ring (bicyclic) bond motifs is 1. The van der Waals surface area contributed by atoms with Gasteiger partial charge in [-0.1, -0.05) is 41.4 Å². The molecule has 0 N–H and O–H groups in total. The zero-order valence-corrected chi connectivity index (χ0v) is 17.9. The van der Waals surface area contributed by atoms with Crippen molar-refractivity contribution in [3.05, 3.63) is 75.4 Å². The Labute approximate surface area is 185 Å². The highest BCUT2D eigenvalue weighted by molar-refractivity contribution is 6.35. The van der Waals surface area contributed by atoms with Crippen LogP contribution in [0, 0.1) is 11.3 Å². The monoisotopic (exact) mass is 439 g/mol. The average molecular weight is 440 g/mol. The molecule has 7 heteroatoms. The van der Waals surface area contributed by atoms with Crippen LogP contribution in [-0.2, 0) is 11.2 Å². The number of carbonyl (C=O) groups is 2. The Morgan fingerprint density at radius 2 is 1.83 bits per heavy atom. The SMILES string of the molecule is CC(=O)N1C(=O)N(c2cc(Cl)cc(Cl)c2)C2=CCCCC21Cc1ccc(C#N)cc1. The molecular weight excluding hydrogens is 421 g/mol. The summed E-state index contributed by atoms with van der Waals surface area (Å²) in [4.78, 5) is 29.1. The number of hydrogen-bond donors (Lipinski definition) is 0. The number of nitrogens with zero attached hydrogens (tertiary/aromatic N) is 3. The molecule has 4 rings (SSSR count). The predicted octanol–water partition coefficient (Wildman–Crippen LogP) is 5.70. The maximum absolute atomic E-state index is 13.5. The van der Waals surface area contributed by atoms with E-state index in [1.54, 1.807) is 35.2 Å². The molecule has 1 atom stereocenters. The molecule has 1 aliphatic heterocycles. The molecule has 0 bridgehead atoms. The van der Waals surface area contributed by atoms with Gasteiger partial charge in [0, 0.05) is 23.4 Å². The summed E-state index contributed by atoms with van der Waals surface area (Å²) in [5.41, 5.74) is 2.04. The van der Waals surface area contributed by atoms with Crippen LogP contribution in [0.25, 0.3) is 0 Å². The largest absolute Gasteiger partial charge is 0.336 e. The number of allylic oxidation sites excluding steroid dienone is 1. The van der Waals surface area contributed by atoms with Gasteiger partial charge < -0.3 is 0 Å². The molecule has 1 aliphatic carbocycles. The highest BCUT2D eigenvalue weighted by Gasteiger charge is 2.56. The summed E-state index contributed by atoms with van der Waals surface area (Å²) in [6.45, 7) is 1.42. The first-order valence-corrected chi connectivity index (χ1v) is 10.4. The van der Waals surface area contributed by atoms with Gasteiger partial charge in [-0.3, -0.25) is 14.6 Å². The van der Waals surface area contributed by atoms with E-state index >= 15 is 0 Å². The highest BCUT2D eigenvalue weighted by Crippen LogP contribution is 2.47. The third kappa shape index (κ3) is 3.36. The molecule has 0 radical (unpaired) electrons. The van der Waals surface area contributed by atoms with Crippen LogP contribution in [0.4, 0.5) is 10.5 Å². The highest BCUT2D eigenvalue weighted by atomic mass is 35.5. The van der Waals surface area contributed by atoms with E-state index in [2.05, 4.69) is 6.07 Å². The molecule has 0 spiro atoms. The van der Waals surface area contributed by atoms with E-state index in [1.165, 1.54) is 11.8 Å². The molecule has 0 aromatic heterocycles. The van der Waals surface area contributed by atoms with Gasteiger partial charge in [-0.25, -0.2) is 4.79 Å². The van der Waals surface area contributed by atoms with Gasteiger partial charge in [-0.2, -0.15) is 5.26 Å². The molecule has 3 amide bonds. The second kappa shape index (κ2) is 7.79. The van der Waals surface area contributed by atoms with Crippen molar-refractivity contribution in [2.75, 3.05) is 4.90 Å². The fraction of sp³-hybridized carbons (Fsp3) is 0.261. The van der Waals surface area contributed by atoms with Crippen molar-refractivity contribution in [3.63, 3.8) is 0 Å². The first-order chi connectivity index (χ1) is 14.4. The van der Waals surface area contributed by atoms with Gasteiger partial charge in [0.2, 0.25) is 5.91 Å². The first kappa shape index (κ1) is 20.5. The number of anilines is 1. The molecule has 1 heterocycles. The van der Waals surface area contributed by atoms with Gasteiger partial charge in [0.15, 0.2) is 0 Å². The smallest absolute Gasteiger partial charge is 0.275 e. The maximum atomic E-state index is 13.5. The summed E-state index contributed by atoms with van der Waals surface area (Å²) in [5, 5.41) is 9.90. The fourth-order valence-electron chi connectivity index (χ4n) is 4.51. The molecule has 5 nitrogen and oxygen atoms in total. The van der Waals surface area contributed by atoms with E-state index < -0.39 is 11.6 Å². The first-order valence-electron chi connectivity index (χ1n) is 9.66. The lowest BCUT2D eigenvalue weighted by Crippen LogP contribution is -2.51. The predicted molar refractivity (Wildman–Crippen MR) is 116 cm³/mol. The minimum atomic E-state index is -0.788. The minimum Gasteiger partial charge on any atom is -0.275 e. The summed E-state index contributed by atoms with van der Waals surface area (Å²) >= 11 is 12.4. The third-order valence-electron chi connectivity index (χ3n) is 5.66. The number of hydrogen-bond acceptors (Lipinski definition) is 3. The molecule has 1 unspecified atom stereocenters. The van der Waals surface area contributed by atoms with Gasteiger partial charge in [0.05, 0.1) is 28.6 Å². The molecule has 1 saturated heterocycles. The van der Waals surface area contributed by atoms with Crippen molar-refractivity contribution in [2.45, 2.75) is 38.1 Å². The second-order valence-electron chi connectivity index (χ2n) is 7.60. The van der Waals surface area contributed by atoms with Crippen LogP contribution in [0.5, 0.6) is 0 Å². The number of benzene rings is 2. The van der Waals surface area contributed by atoms with Crippen LogP contribution < -0.4 is 4.90 Å². The molecule has 0 saturated carbocycles. The number of urea groups is 1. The van der Waals surface area contributed by atoms with Crippen LogP contribution in [0.2, 0.25) is 10.0 Å². The number of rotatable bonds is 3. The quantitative estimate of drug-likeness (QED) is 0.615. The maximum Gasteiger partial charge on any atom is 0.336 e. The number of nitriles is 1. The third-order valence-corrected chi connectivity index (χ3v) is 6.10. The Bertz CT molecular complexity index is 1080. The normalized spacial score (nSPS) is 20.6. The summed E-state index contributed by atoms with van der Waals surface area (Å²) in [5.74, 6) is -0.308. The van der Waals surface area contributed by atoms with Gasteiger partial charge in [-0.05, 0) is 55.2 Å². The topological polar surface area (TPSA) is 64.4 Å². The van der Waals surface area contributed by atoms with Crippen LogP contribution in [0.1, 0.15) is 37.3 Å². The summed E-state index contributed by atoms with van der Waals surface area (Å²) < 4.78 is 0. The molecular formula is C23H19Cl2N3O2. The van der Waals surface area contributed by atoms with Crippen LogP contribution in [0.15, 0.2) is 54.2 Å².